The van der Waals surface area contributed by atoms with Gasteiger partial charge >= 0.3 is 0 Å². The van der Waals surface area contributed by atoms with Crippen LogP contribution in [0.5, 0.6) is 0 Å². The molecular formula is C17H17ClN2O2. The van der Waals surface area contributed by atoms with Crippen molar-refractivity contribution in [1.82, 2.24) is 5.32 Å². The maximum Gasteiger partial charge on any atom is 0.243 e. The van der Waals surface area contributed by atoms with Crippen molar-refractivity contribution < 1.29 is 9.59 Å². The van der Waals surface area contributed by atoms with E-state index in [1.165, 1.54) is 0 Å². The second-order valence-corrected chi connectivity index (χ2v) is 5.38. The number of hydrogen-bond donors (Lipinski definition) is 2. The van der Waals surface area contributed by atoms with Gasteiger partial charge in [0.1, 0.15) is 0 Å². The lowest BCUT2D eigenvalue weighted by atomic mass is 10.1. The lowest BCUT2D eigenvalue weighted by Crippen LogP contribution is -2.33. The van der Waals surface area contributed by atoms with Crippen molar-refractivity contribution in [2.75, 3.05) is 11.9 Å². The standard InChI is InChI=1S/C17H17ClN2O2/c1-12-7-8-14(18)10-15(12)20-17(22)11-19-16(21)9-13-5-3-2-4-6-13/h2-8,10H,9,11H2,1H3,(H,19,21)(H,20,22). The predicted molar refractivity (Wildman–Crippen MR) is 88.0 cm³/mol. The van der Waals surface area contributed by atoms with Crippen LogP contribution in [0.25, 0.3) is 0 Å². The summed E-state index contributed by atoms with van der Waals surface area (Å²) < 4.78 is 0. The number of amides is 2. The number of halogens is 1. The summed E-state index contributed by atoms with van der Waals surface area (Å²) in [6, 6.07) is 14.6. The molecule has 0 bridgehead atoms. The first-order valence-corrected chi connectivity index (χ1v) is 7.29. The molecule has 0 fully saturated rings. The van der Waals surface area contributed by atoms with E-state index in [1.54, 1.807) is 12.1 Å². The summed E-state index contributed by atoms with van der Waals surface area (Å²) in [5.41, 5.74) is 2.47. The Hall–Kier alpha value is -2.33. The molecule has 2 N–H and O–H groups in total. The molecule has 2 aromatic carbocycles. The molecule has 0 unspecified atom stereocenters. The minimum atomic E-state index is -0.285. The van der Waals surface area contributed by atoms with Gasteiger partial charge in [-0.1, -0.05) is 48.0 Å². The number of anilines is 1. The van der Waals surface area contributed by atoms with Gasteiger partial charge in [0.2, 0.25) is 11.8 Å². The molecule has 0 saturated carbocycles. The Kier molecular flexibility index (Phi) is 5.55. The van der Waals surface area contributed by atoms with Crippen molar-refractivity contribution >= 4 is 29.1 Å². The van der Waals surface area contributed by atoms with E-state index in [4.69, 9.17) is 11.6 Å². The molecule has 5 heteroatoms. The van der Waals surface area contributed by atoms with Gasteiger partial charge in [0.25, 0.3) is 0 Å². The van der Waals surface area contributed by atoms with E-state index in [-0.39, 0.29) is 24.8 Å². The molecule has 0 aliphatic carbocycles. The Morgan fingerprint density at radius 2 is 1.77 bits per heavy atom. The summed E-state index contributed by atoms with van der Waals surface area (Å²) in [4.78, 5) is 23.6. The summed E-state index contributed by atoms with van der Waals surface area (Å²) in [5.74, 6) is -0.476. The maximum atomic E-state index is 11.9. The summed E-state index contributed by atoms with van der Waals surface area (Å²) in [5, 5.41) is 5.88. The van der Waals surface area contributed by atoms with Crippen molar-refractivity contribution in [1.29, 1.82) is 0 Å². The average molecular weight is 317 g/mol. The van der Waals surface area contributed by atoms with Crippen LogP contribution in [0.1, 0.15) is 11.1 Å². The predicted octanol–water partition coefficient (Wildman–Crippen LogP) is 2.95. The fraction of sp³-hybridized carbons (Fsp3) is 0.176. The zero-order chi connectivity index (χ0) is 15.9. The van der Waals surface area contributed by atoms with Gasteiger partial charge in [-0.3, -0.25) is 9.59 Å². The highest BCUT2D eigenvalue weighted by Gasteiger charge is 2.08. The molecule has 22 heavy (non-hydrogen) atoms. The van der Waals surface area contributed by atoms with Crippen molar-refractivity contribution in [2.45, 2.75) is 13.3 Å². The Morgan fingerprint density at radius 3 is 2.50 bits per heavy atom. The van der Waals surface area contributed by atoms with E-state index in [2.05, 4.69) is 10.6 Å². The van der Waals surface area contributed by atoms with Crippen LogP contribution in [0, 0.1) is 6.92 Å². The van der Waals surface area contributed by atoms with E-state index in [9.17, 15) is 9.59 Å². The van der Waals surface area contributed by atoms with Gasteiger partial charge in [0.05, 0.1) is 13.0 Å². The maximum absolute atomic E-state index is 11.9. The minimum Gasteiger partial charge on any atom is -0.347 e. The highest BCUT2D eigenvalue weighted by molar-refractivity contribution is 6.31. The highest BCUT2D eigenvalue weighted by atomic mass is 35.5. The van der Waals surface area contributed by atoms with E-state index < -0.39 is 0 Å². The highest BCUT2D eigenvalue weighted by Crippen LogP contribution is 2.19. The molecule has 0 spiro atoms. The van der Waals surface area contributed by atoms with Crippen LogP contribution < -0.4 is 10.6 Å². The second-order valence-electron chi connectivity index (χ2n) is 4.95. The zero-order valence-corrected chi connectivity index (χ0v) is 13.0. The number of rotatable bonds is 5. The van der Waals surface area contributed by atoms with Gasteiger partial charge in [0.15, 0.2) is 0 Å². The molecule has 114 valence electrons. The molecule has 0 aromatic heterocycles. The Balaban J connectivity index is 1.82. The lowest BCUT2D eigenvalue weighted by Gasteiger charge is -2.09. The third-order valence-corrected chi connectivity index (χ3v) is 3.36. The number of nitrogens with one attached hydrogen (secondary N) is 2. The van der Waals surface area contributed by atoms with Gasteiger partial charge in [-0.15, -0.1) is 0 Å². The van der Waals surface area contributed by atoms with Gasteiger partial charge < -0.3 is 10.6 Å². The largest absolute Gasteiger partial charge is 0.347 e. The molecule has 2 amide bonds. The van der Waals surface area contributed by atoms with Crippen LogP contribution in [0.15, 0.2) is 48.5 Å². The molecule has 0 heterocycles. The second kappa shape index (κ2) is 7.61. The van der Waals surface area contributed by atoms with E-state index in [0.29, 0.717) is 10.7 Å². The van der Waals surface area contributed by atoms with E-state index in [1.807, 2.05) is 43.3 Å². The van der Waals surface area contributed by atoms with Crippen LogP contribution in [-0.4, -0.2) is 18.4 Å². The number of aryl methyl sites for hydroxylation is 1. The van der Waals surface area contributed by atoms with Crippen LogP contribution in [0.2, 0.25) is 5.02 Å². The Bertz CT molecular complexity index is 672. The first-order valence-electron chi connectivity index (χ1n) is 6.91. The molecule has 4 nitrogen and oxygen atoms in total. The molecule has 0 aliphatic heterocycles. The van der Waals surface area contributed by atoms with Crippen molar-refractivity contribution in [3.05, 3.63) is 64.7 Å². The number of carbonyl (C=O) groups is 2. The summed E-state index contributed by atoms with van der Waals surface area (Å²) in [7, 11) is 0. The first kappa shape index (κ1) is 16.0. The topological polar surface area (TPSA) is 58.2 Å². The summed E-state index contributed by atoms with van der Waals surface area (Å²) >= 11 is 5.90. The molecule has 0 radical (unpaired) electrons. The monoisotopic (exact) mass is 316 g/mol. The number of benzene rings is 2. The Labute approximate surface area is 134 Å². The lowest BCUT2D eigenvalue weighted by molar-refractivity contribution is -0.123. The number of carbonyl (C=O) groups excluding carboxylic acids is 2. The third-order valence-electron chi connectivity index (χ3n) is 3.13. The quantitative estimate of drug-likeness (QED) is 0.891. The zero-order valence-electron chi connectivity index (χ0n) is 12.2. The van der Waals surface area contributed by atoms with Crippen molar-refractivity contribution in [3.63, 3.8) is 0 Å². The van der Waals surface area contributed by atoms with Gasteiger partial charge in [-0.05, 0) is 30.2 Å². The van der Waals surface area contributed by atoms with Gasteiger partial charge in [0, 0.05) is 10.7 Å². The smallest absolute Gasteiger partial charge is 0.243 e. The average Bonchev–Trinajstić information content (AvgIpc) is 2.50. The summed E-state index contributed by atoms with van der Waals surface area (Å²) in [6.45, 7) is 1.80. The SMILES string of the molecule is Cc1ccc(Cl)cc1NC(=O)CNC(=O)Cc1ccccc1. The molecule has 0 saturated heterocycles. The third kappa shape index (κ3) is 4.90. The van der Waals surface area contributed by atoms with E-state index >= 15 is 0 Å². The van der Waals surface area contributed by atoms with Crippen LogP contribution in [0.4, 0.5) is 5.69 Å². The van der Waals surface area contributed by atoms with E-state index in [0.717, 1.165) is 11.1 Å². The first-order chi connectivity index (χ1) is 10.5. The normalized spacial score (nSPS) is 10.1. The Morgan fingerprint density at radius 1 is 1.05 bits per heavy atom. The van der Waals surface area contributed by atoms with Gasteiger partial charge in [-0.25, -0.2) is 0 Å². The van der Waals surface area contributed by atoms with Crippen LogP contribution in [0.3, 0.4) is 0 Å². The van der Waals surface area contributed by atoms with Crippen LogP contribution in [-0.2, 0) is 16.0 Å². The van der Waals surface area contributed by atoms with Gasteiger partial charge in [-0.2, -0.15) is 0 Å². The fourth-order valence-corrected chi connectivity index (χ4v) is 2.12. The molecule has 2 rings (SSSR count). The molecule has 0 atom stereocenters. The number of hydrogen-bond acceptors (Lipinski definition) is 2. The van der Waals surface area contributed by atoms with Crippen molar-refractivity contribution in [2.24, 2.45) is 0 Å². The molecular weight excluding hydrogens is 300 g/mol. The molecule has 0 aliphatic rings. The molecule has 2 aromatic rings. The fourth-order valence-electron chi connectivity index (χ4n) is 1.95. The van der Waals surface area contributed by atoms with Crippen molar-refractivity contribution in [3.8, 4) is 0 Å². The minimum absolute atomic E-state index is 0.0718. The summed E-state index contributed by atoms with van der Waals surface area (Å²) in [6.07, 6.45) is 0.254. The van der Waals surface area contributed by atoms with Crippen LogP contribution >= 0.6 is 11.6 Å².